The lowest BCUT2D eigenvalue weighted by Gasteiger charge is -2.15. The lowest BCUT2D eigenvalue weighted by atomic mass is 10.1. The Bertz CT molecular complexity index is 1040. The van der Waals surface area contributed by atoms with E-state index in [0.29, 0.717) is 17.6 Å². The number of Topliss-reactive ketones (excluding diaryl/α,β-unsaturated/α-hetero) is 1. The number of aryl methyl sites for hydroxylation is 1. The molecule has 1 aliphatic rings. The summed E-state index contributed by atoms with van der Waals surface area (Å²) in [4.78, 5) is 29.0. The molecule has 2 aromatic heterocycles. The fourth-order valence-corrected chi connectivity index (χ4v) is 3.74. The van der Waals surface area contributed by atoms with Crippen molar-refractivity contribution in [3.63, 3.8) is 0 Å². The number of carbonyl (C=O) groups excluding carboxylic acids is 1. The predicted molar refractivity (Wildman–Crippen MR) is 103 cm³/mol. The van der Waals surface area contributed by atoms with Crippen LogP contribution in [0.5, 0.6) is 0 Å². The molecule has 0 fully saturated rings. The van der Waals surface area contributed by atoms with Gasteiger partial charge in [-0.25, -0.2) is 4.98 Å². The molecule has 2 heterocycles. The number of nitrogens with one attached hydrogen (secondary N) is 1. The first-order valence-corrected chi connectivity index (χ1v) is 8.94. The van der Waals surface area contributed by atoms with Gasteiger partial charge < -0.3 is 9.88 Å². The maximum atomic E-state index is 12.7. The van der Waals surface area contributed by atoms with Gasteiger partial charge in [0.15, 0.2) is 5.78 Å². The second-order valence-electron chi connectivity index (χ2n) is 6.83. The third-order valence-electron chi connectivity index (χ3n) is 5.05. The summed E-state index contributed by atoms with van der Waals surface area (Å²) in [6.07, 6.45) is 5.30. The summed E-state index contributed by atoms with van der Waals surface area (Å²) in [5.41, 5.74) is 4.13. The first-order valence-electron chi connectivity index (χ1n) is 8.94. The van der Waals surface area contributed by atoms with E-state index in [1.165, 1.54) is 18.1 Å². The molecule has 4 rings (SSSR count). The van der Waals surface area contributed by atoms with Crippen LogP contribution in [-0.2, 0) is 19.4 Å². The van der Waals surface area contributed by atoms with E-state index in [-0.39, 0.29) is 22.8 Å². The normalized spacial score (nSPS) is 13.8. The number of fused-ring (bicyclic) bond motifs is 2. The molecule has 0 spiro atoms. The molecule has 1 N–H and O–H groups in total. The number of hydrogen-bond donors (Lipinski definition) is 1. The molecule has 0 atom stereocenters. The Hall–Kier alpha value is -2.95. The van der Waals surface area contributed by atoms with Crippen molar-refractivity contribution < 1.29 is 4.79 Å². The Morgan fingerprint density at radius 3 is 2.58 bits per heavy atom. The van der Waals surface area contributed by atoms with Crippen molar-refractivity contribution in [2.24, 2.45) is 0 Å². The molecule has 0 radical (unpaired) electrons. The Morgan fingerprint density at radius 2 is 1.96 bits per heavy atom. The monoisotopic (exact) mass is 347 g/mol. The van der Waals surface area contributed by atoms with Crippen molar-refractivity contribution >= 4 is 22.5 Å². The SMILES string of the molecule is CCn1cc(C(C)=O)c(=O)c2cc(NC3Cc4ccccc4C3)cnc21. The van der Waals surface area contributed by atoms with E-state index in [1.54, 1.807) is 12.4 Å². The summed E-state index contributed by atoms with van der Waals surface area (Å²) >= 11 is 0. The number of benzene rings is 1. The van der Waals surface area contributed by atoms with Crippen LogP contribution in [0.15, 0.2) is 47.5 Å². The van der Waals surface area contributed by atoms with Gasteiger partial charge in [0.2, 0.25) is 5.43 Å². The van der Waals surface area contributed by atoms with E-state index in [4.69, 9.17) is 0 Å². The van der Waals surface area contributed by atoms with E-state index in [2.05, 4.69) is 34.6 Å². The molecule has 0 amide bonds. The fraction of sp³-hybridized carbons (Fsp3) is 0.286. The Morgan fingerprint density at radius 1 is 1.27 bits per heavy atom. The lowest BCUT2D eigenvalue weighted by molar-refractivity contribution is 0.101. The topological polar surface area (TPSA) is 64.0 Å². The summed E-state index contributed by atoms with van der Waals surface area (Å²) < 4.78 is 1.85. The fourth-order valence-electron chi connectivity index (χ4n) is 3.74. The van der Waals surface area contributed by atoms with Crippen LogP contribution < -0.4 is 10.7 Å². The van der Waals surface area contributed by atoms with Gasteiger partial charge in [-0.15, -0.1) is 0 Å². The Balaban J connectivity index is 1.71. The van der Waals surface area contributed by atoms with Crippen LogP contribution >= 0.6 is 0 Å². The number of anilines is 1. The van der Waals surface area contributed by atoms with Crippen LogP contribution in [0, 0.1) is 0 Å². The number of pyridine rings is 2. The summed E-state index contributed by atoms with van der Waals surface area (Å²) in [7, 11) is 0. The molecule has 5 heteroatoms. The lowest BCUT2D eigenvalue weighted by Crippen LogP contribution is -2.21. The maximum absolute atomic E-state index is 12.7. The average Bonchev–Trinajstić information content (AvgIpc) is 3.04. The van der Waals surface area contributed by atoms with Gasteiger partial charge in [-0.2, -0.15) is 0 Å². The molecule has 0 saturated heterocycles. The zero-order chi connectivity index (χ0) is 18.3. The molecule has 0 aliphatic heterocycles. The first-order chi connectivity index (χ1) is 12.6. The molecule has 1 aromatic carbocycles. The van der Waals surface area contributed by atoms with E-state index in [0.717, 1.165) is 18.5 Å². The quantitative estimate of drug-likeness (QED) is 0.736. The third-order valence-corrected chi connectivity index (χ3v) is 5.05. The van der Waals surface area contributed by atoms with Gasteiger partial charge in [0.25, 0.3) is 0 Å². The molecular formula is C21H21N3O2. The minimum atomic E-state index is -0.247. The van der Waals surface area contributed by atoms with E-state index < -0.39 is 0 Å². The number of aromatic nitrogens is 2. The van der Waals surface area contributed by atoms with Crippen LogP contribution in [-0.4, -0.2) is 21.4 Å². The average molecular weight is 347 g/mol. The second-order valence-corrected chi connectivity index (χ2v) is 6.83. The molecule has 3 aromatic rings. The molecule has 0 bridgehead atoms. The summed E-state index contributed by atoms with van der Waals surface area (Å²) in [6.45, 7) is 4.04. The largest absolute Gasteiger partial charge is 0.380 e. The van der Waals surface area contributed by atoms with Crippen molar-refractivity contribution in [3.8, 4) is 0 Å². The number of hydrogen-bond acceptors (Lipinski definition) is 4. The Kier molecular flexibility index (Phi) is 4.07. The number of rotatable bonds is 4. The van der Waals surface area contributed by atoms with Gasteiger partial charge in [0.1, 0.15) is 5.65 Å². The number of carbonyl (C=O) groups is 1. The summed E-state index contributed by atoms with van der Waals surface area (Å²) in [5, 5.41) is 3.98. The standard InChI is InChI=1S/C21H21N3O2/c1-3-24-12-19(13(2)25)20(26)18-10-17(11-22-21(18)24)23-16-8-14-6-4-5-7-15(14)9-16/h4-7,10-12,16,23H,3,8-9H2,1-2H3. The van der Waals surface area contributed by atoms with Crippen LogP contribution in [0.4, 0.5) is 5.69 Å². The van der Waals surface area contributed by atoms with Crippen molar-refractivity contribution in [3.05, 3.63) is 69.6 Å². The zero-order valence-corrected chi connectivity index (χ0v) is 15.0. The van der Waals surface area contributed by atoms with Gasteiger partial charge in [0, 0.05) is 18.8 Å². The van der Waals surface area contributed by atoms with Crippen molar-refractivity contribution in [1.82, 2.24) is 9.55 Å². The highest BCUT2D eigenvalue weighted by atomic mass is 16.1. The van der Waals surface area contributed by atoms with Crippen molar-refractivity contribution in [1.29, 1.82) is 0 Å². The van der Waals surface area contributed by atoms with Gasteiger partial charge in [-0.05, 0) is 43.9 Å². The maximum Gasteiger partial charge on any atom is 0.201 e. The van der Waals surface area contributed by atoms with Crippen molar-refractivity contribution in [2.75, 3.05) is 5.32 Å². The van der Waals surface area contributed by atoms with E-state index in [9.17, 15) is 9.59 Å². The molecule has 0 saturated carbocycles. The predicted octanol–water partition coefficient (Wildman–Crippen LogP) is 3.20. The minimum Gasteiger partial charge on any atom is -0.380 e. The highest BCUT2D eigenvalue weighted by molar-refractivity contribution is 5.97. The molecule has 0 unspecified atom stereocenters. The molecule has 26 heavy (non-hydrogen) atoms. The van der Waals surface area contributed by atoms with Gasteiger partial charge in [-0.1, -0.05) is 24.3 Å². The Labute approximate surface area is 151 Å². The van der Waals surface area contributed by atoms with Crippen LogP contribution in [0.25, 0.3) is 11.0 Å². The van der Waals surface area contributed by atoms with Crippen LogP contribution in [0.1, 0.15) is 35.3 Å². The van der Waals surface area contributed by atoms with Gasteiger partial charge >= 0.3 is 0 Å². The van der Waals surface area contributed by atoms with Gasteiger partial charge in [-0.3, -0.25) is 9.59 Å². The number of nitrogens with zero attached hydrogens (tertiary/aromatic N) is 2. The van der Waals surface area contributed by atoms with Crippen molar-refractivity contribution in [2.45, 2.75) is 39.3 Å². The smallest absolute Gasteiger partial charge is 0.201 e. The number of ketones is 1. The zero-order valence-electron chi connectivity index (χ0n) is 15.0. The minimum absolute atomic E-state index is 0.214. The van der Waals surface area contributed by atoms with Crippen LogP contribution in [0.2, 0.25) is 0 Å². The molecule has 5 nitrogen and oxygen atoms in total. The second kappa shape index (κ2) is 6.41. The highest BCUT2D eigenvalue weighted by Crippen LogP contribution is 2.25. The third kappa shape index (κ3) is 2.79. The van der Waals surface area contributed by atoms with E-state index >= 15 is 0 Å². The van der Waals surface area contributed by atoms with Gasteiger partial charge in [0.05, 0.1) is 22.8 Å². The van der Waals surface area contributed by atoms with Crippen LogP contribution in [0.3, 0.4) is 0 Å². The molecule has 132 valence electrons. The summed E-state index contributed by atoms with van der Waals surface area (Å²) in [6, 6.07) is 10.6. The van der Waals surface area contributed by atoms with E-state index in [1.807, 2.05) is 17.6 Å². The summed E-state index contributed by atoms with van der Waals surface area (Å²) in [5.74, 6) is -0.219. The highest BCUT2D eigenvalue weighted by Gasteiger charge is 2.21. The molecular weight excluding hydrogens is 326 g/mol. The molecule has 1 aliphatic carbocycles. The first kappa shape index (κ1) is 16.5.